The van der Waals surface area contributed by atoms with E-state index in [-0.39, 0.29) is 5.28 Å². The fourth-order valence-corrected chi connectivity index (χ4v) is 1.90. The summed E-state index contributed by atoms with van der Waals surface area (Å²) < 4.78 is 2.53. The molecule has 0 unspecified atom stereocenters. The van der Waals surface area contributed by atoms with Crippen LogP contribution in [0, 0.1) is 20.8 Å². The summed E-state index contributed by atoms with van der Waals surface area (Å²) in [6.45, 7) is 6.00. The van der Waals surface area contributed by atoms with Gasteiger partial charge in [-0.25, -0.2) is 9.67 Å². The molecule has 0 radical (unpaired) electrons. The van der Waals surface area contributed by atoms with Crippen molar-refractivity contribution in [2.45, 2.75) is 20.8 Å². The fraction of sp³-hybridized carbons (Fsp3) is 0.300. The second kappa shape index (κ2) is 4.14. The molecule has 2 heterocycles. The van der Waals surface area contributed by atoms with E-state index in [1.165, 1.54) is 0 Å². The maximum atomic E-state index is 5.78. The van der Waals surface area contributed by atoms with Gasteiger partial charge in [-0.1, -0.05) is 0 Å². The fourth-order valence-electron chi connectivity index (χ4n) is 1.41. The number of hydrogen-bond donors (Lipinski definition) is 0. The summed E-state index contributed by atoms with van der Waals surface area (Å²) in [6.07, 6.45) is 1.62. The predicted molar refractivity (Wildman–Crippen MR) is 66.1 cm³/mol. The third-order valence-corrected chi connectivity index (χ3v) is 3.29. The van der Waals surface area contributed by atoms with Crippen LogP contribution in [0.25, 0.3) is 5.82 Å². The zero-order valence-corrected chi connectivity index (χ0v) is 11.5. The first-order chi connectivity index (χ1) is 7.50. The van der Waals surface area contributed by atoms with Crippen molar-refractivity contribution >= 4 is 27.5 Å². The molecule has 0 saturated carbocycles. The molecular formula is C10H10BrClN4. The summed E-state index contributed by atoms with van der Waals surface area (Å²) in [5.74, 6) is 0.661. The number of rotatable bonds is 1. The maximum absolute atomic E-state index is 5.78. The highest BCUT2D eigenvalue weighted by Gasteiger charge is 2.13. The van der Waals surface area contributed by atoms with Gasteiger partial charge in [0.05, 0.1) is 10.2 Å². The summed E-state index contributed by atoms with van der Waals surface area (Å²) in [7, 11) is 0. The second-order valence-corrected chi connectivity index (χ2v) is 4.71. The minimum Gasteiger partial charge on any atom is -0.225 e. The molecule has 0 aromatic carbocycles. The van der Waals surface area contributed by atoms with E-state index >= 15 is 0 Å². The summed E-state index contributed by atoms with van der Waals surface area (Å²) in [6, 6.07) is 0. The highest BCUT2D eigenvalue weighted by molar-refractivity contribution is 9.10. The highest BCUT2D eigenvalue weighted by atomic mass is 79.9. The van der Waals surface area contributed by atoms with Crippen molar-refractivity contribution in [3.8, 4) is 5.82 Å². The van der Waals surface area contributed by atoms with Gasteiger partial charge in [0.2, 0.25) is 5.28 Å². The van der Waals surface area contributed by atoms with Crippen LogP contribution >= 0.6 is 27.5 Å². The Morgan fingerprint density at radius 3 is 2.56 bits per heavy atom. The molecule has 0 aliphatic rings. The first-order valence-electron chi connectivity index (χ1n) is 4.72. The van der Waals surface area contributed by atoms with Crippen molar-refractivity contribution in [3.05, 3.63) is 32.9 Å². The number of halogens is 2. The van der Waals surface area contributed by atoms with Crippen molar-refractivity contribution < 1.29 is 0 Å². The van der Waals surface area contributed by atoms with Crippen LogP contribution in [-0.4, -0.2) is 19.7 Å². The molecule has 0 aliphatic carbocycles. The highest BCUT2D eigenvalue weighted by Crippen LogP contribution is 2.22. The molecular weight excluding hydrogens is 291 g/mol. The lowest BCUT2D eigenvalue weighted by Crippen LogP contribution is -2.04. The van der Waals surface area contributed by atoms with Crippen LogP contribution in [0.3, 0.4) is 0 Å². The maximum Gasteiger partial charge on any atom is 0.224 e. The standard InChI is InChI=1S/C10H10BrClN4/c1-5-6(2)15-16(7(5)3)9-8(11)4-13-10(12)14-9/h4H,1-3H3. The zero-order chi connectivity index (χ0) is 11.9. The Morgan fingerprint density at radius 1 is 1.31 bits per heavy atom. The lowest BCUT2D eigenvalue weighted by Gasteiger charge is -2.05. The SMILES string of the molecule is Cc1nn(-c2nc(Cl)ncc2Br)c(C)c1C. The van der Waals surface area contributed by atoms with Gasteiger partial charge >= 0.3 is 0 Å². The Kier molecular flexibility index (Phi) is 2.99. The number of aromatic nitrogens is 4. The van der Waals surface area contributed by atoms with E-state index in [2.05, 4.69) is 31.0 Å². The summed E-state index contributed by atoms with van der Waals surface area (Å²) in [4.78, 5) is 8.06. The van der Waals surface area contributed by atoms with Crippen molar-refractivity contribution in [1.82, 2.24) is 19.7 Å². The Bertz CT molecular complexity index is 550. The molecule has 6 heteroatoms. The normalized spacial score (nSPS) is 10.8. The van der Waals surface area contributed by atoms with E-state index in [0.29, 0.717) is 5.82 Å². The van der Waals surface area contributed by atoms with E-state index in [4.69, 9.17) is 11.6 Å². The Morgan fingerprint density at radius 2 is 2.00 bits per heavy atom. The first kappa shape index (κ1) is 11.5. The van der Waals surface area contributed by atoms with E-state index in [1.807, 2.05) is 20.8 Å². The molecule has 0 atom stereocenters. The smallest absolute Gasteiger partial charge is 0.224 e. The van der Waals surface area contributed by atoms with Crippen LogP contribution in [0.5, 0.6) is 0 Å². The van der Waals surface area contributed by atoms with Gasteiger partial charge in [0.15, 0.2) is 5.82 Å². The van der Waals surface area contributed by atoms with Crippen LogP contribution in [0.1, 0.15) is 17.0 Å². The molecule has 84 valence electrons. The topological polar surface area (TPSA) is 43.6 Å². The lowest BCUT2D eigenvalue weighted by atomic mass is 10.2. The third-order valence-electron chi connectivity index (χ3n) is 2.55. The van der Waals surface area contributed by atoms with Gasteiger partial charge in [-0.3, -0.25) is 0 Å². The average molecular weight is 302 g/mol. The van der Waals surface area contributed by atoms with E-state index in [9.17, 15) is 0 Å². The van der Waals surface area contributed by atoms with Gasteiger partial charge in [-0.2, -0.15) is 10.1 Å². The van der Waals surface area contributed by atoms with Crippen molar-refractivity contribution in [1.29, 1.82) is 0 Å². The van der Waals surface area contributed by atoms with Gasteiger partial charge in [-0.15, -0.1) is 0 Å². The Labute approximate surface area is 107 Å². The van der Waals surface area contributed by atoms with Crippen LogP contribution in [0.15, 0.2) is 10.7 Å². The monoisotopic (exact) mass is 300 g/mol. The van der Waals surface area contributed by atoms with Crippen LogP contribution in [-0.2, 0) is 0 Å². The predicted octanol–water partition coefficient (Wildman–Crippen LogP) is 3.00. The van der Waals surface area contributed by atoms with Crippen LogP contribution < -0.4 is 0 Å². The van der Waals surface area contributed by atoms with Crippen molar-refractivity contribution in [3.63, 3.8) is 0 Å². The molecule has 0 saturated heterocycles. The molecule has 0 fully saturated rings. The Hall–Kier alpha value is -0.940. The van der Waals surface area contributed by atoms with Crippen LogP contribution in [0.4, 0.5) is 0 Å². The minimum atomic E-state index is 0.211. The Balaban J connectivity index is 2.67. The van der Waals surface area contributed by atoms with E-state index in [1.54, 1.807) is 10.9 Å². The molecule has 0 bridgehead atoms. The second-order valence-electron chi connectivity index (χ2n) is 3.52. The van der Waals surface area contributed by atoms with Gasteiger partial charge in [0.25, 0.3) is 0 Å². The summed E-state index contributed by atoms with van der Waals surface area (Å²) in [5.41, 5.74) is 3.19. The molecule has 0 N–H and O–H groups in total. The lowest BCUT2D eigenvalue weighted by molar-refractivity contribution is 0.795. The molecule has 0 spiro atoms. The zero-order valence-electron chi connectivity index (χ0n) is 9.12. The van der Waals surface area contributed by atoms with Crippen molar-refractivity contribution in [2.24, 2.45) is 0 Å². The molecule has 2 aromatic heterocycles. The largest absolute Gasteiger partial charge is 0.225 e. The van der Waals surface area contributed by atoms with E-state index in [0.717, 1.165) is 21.4 Å². The third kappa shape index (κ3) is 1.85. The molecule has 16 heavy (non-hydrogen) atoms. The van der Waals surface area contributed by atoms with E-state index < -0.39 is 0 Å². The molecule has 4 nitrogen and oxygen atoms in total. The molecule has 2 rings (SSSR count). The van der Waals surface area contributed by atoms with Crippen LogP contribution in [0.2, 0.25) is 5.28 Å². The average Bonchev–Trinajstić information content (AvgIpc) is 2.50. The van der Waals surface area contributed by atoms with Gasteiger partial charge in [0.1, 0.15) is 0 Å². The molecule has 2 aromatic rings. The number of hydrogen-bond acceptors (Lipinski definition) is 3. The van der Waals surface area contributed by atoms with Gasteiger partial charge in [0, 0.05) is 11.9 Å². The number of aryl methyl sites for hydroxylation is 1. The summed E-state index contributed by atoms with van der Waals surface area (Å²) in [5, 5.41) is 4.63. The minimum absolute atomic E-state index is 0.211. The molecule has 0 aliphatic heterocycles. The van der Waals surface area contributed by atoms with Crippen molar-refractivity contribution in [2.75, 3.05) is 0 Å². The summed E-state index contributed by atoms with van der Waals surface area (Å²) >= 11 is 9.17. The quantitative estimate of drug-likeness (QED) is 0.761. The van der Waals surface area contributed by atoms with Gasteiger partial charge in [-0.05, 0) is 53.9 Å². The number of nitrogens with zero attached hydrogens (tertiary/aromatic N) is 4. The van der Waals surface area contributed by atoms with Gasteiger partial charge < -0.3 is 0 Å². The first-order valence-corrected chi connectivity index (χ1v) is 5.89. The molecule has 0 amide bonds.